The Balaban J connectivity index is 3.88. The molecule has 2 atom stereocenters. The van der Waals surface area contributed by atoms with Gasteiger partial charge in [0.15, 0.2) is 0 Å². The Kier molecular flexibility index (Phi) is 38.0. The third-order valence-corrected chi connectivity index (χ3v) is 11.2. The Morgan fingerprint density at radius 2 is 0.868 bits per heavy atom. The molecule has 0 heterocycles. The number of phosphoric acid groups is 1. The van der Waals surface area contributed by atoms with Crippen molar-refractivity contribution in [3.63, 3.8) is 0 Å². The van der Waals surface area contributed by atoms with Gasteiger partial charge in [0.25, 0.3) is 0 Å². The van der Waals surface area contributed by atoms with Crippen molar-refractivity contribution in [1.29, 1.82) is 0 Å². The predicted octanol–water partition coefficient (Wildman–Crippen LogP) is 13.3. The molecule has 0 amide bonds. The van der Waals surface area contributed by atoms with Crippen LogP contribution in [0.5, 0.6) is 0 Å². The highest BCUT2D eigenvalue weighted by Crippen LogP contribution is 2.43. The van der Waals surface area contributed by atoms with Crippen LogP contribution < -0.4 is 0 Å². The Morgan fingerprint density at radius 1 is 0.509 bits per heavy atom. The Bertz CT molecular complexity index is 822. The van der Waals surface area contributed by atoms with Crippen molar-refractivity contribution < 1.29 is 37.3 Å². The van der Waals surface area contributed by atoms with E-state index in [4.69, 9.17) is 18.5 Å². The second-order valence-corrected chi connectivity index (χ2v) is 18.3. The van der Waals surface area contributed by atoms with Crippen molar-refractivity contribution in [2.24, 2.45) is 0 Å². The van der Waals surface area contributed by atoms with Gasteiger partial charge in [0, 0.05) is 13.0 Å². The topological polar surface area (TPSA) is 91.3 Å². The lowest BCUT2D eigenvalue weighted by Gasteiger charge is -2.24. The second kappa shape index (κ2) is 38.4. The van der Waals surface area contributed by atoms with E-state index in [1.54, 1.807) is 0 Å². The maximum Gasteiger partial charge on any atom is 0.472 e. The molecule has 0 radical (unpaired) electrons. The van der Waals surface area contributed by atoms with Crippen LogP contribution in [0, 0.1) is 0 Å². The van der Waals surface area contributed by atoms with Crippen LogP contribution in [0.2, 0.25) is 0 Å². The molecule has 0 aromatic carbocycles. The second-order valence-electron chi connectivity index (χ2n) is 16.8. The van der Waals surface area contributed by atoms with Crippen LogP contribution in [0.4, 0.5) is 0 Å². The van der Waals surface area contributed by atoms with Crippen LogP contribution in [0.15, 0.2) is 0 Å². The minimum Gasteiger partial charge on any atom is -0.457 e. The fraction of sp³-hybridized carbons (Fsp3) is 0.977. The van der Waals surface area contributed by atoms with E-state index in [1.807, 2.05) is 21.1 Å². The number of hydrogen-bond donors (Lipinski definition) is 1. The average molecular weight is 777 g/mol. The average Bonchev–Trinajstić information content (AvgIpc) is 3.11. The molecule has 53 heavy (non-hydrogen) atoms. The molecule has 0 saturated heterocycles. The fourth-order valence-corrected chi connectivity index (χ4v) is 7.35. The van der Waals surface area contributed by atoms with Gasteiger partial charge in [-0.1, -0.05) is 200 Å². The molecule has 8 nitrogen and oxygen atoms in total. The molecule has 0 aliphatic carbocycles. The SMILES string of the molecule is CCCCCCCCCCCCCCCCCCCCCCCCCCCC(=O)OC(COCCCCCCCC)COP(=O)(O)OCC[N+](C)(C)C. The summed E-state index contributed by atoms with van der Waals surface area (Å²) in [6, 6.07) is 0. The van der Waals surface area contributed by atoms with Gasteiger partial charge < -0.3 is 18.9 Å². The van der Waals surface area contributed by atoms with E-state index < -0.39 is 13.9 Å². The molecule has 0 aromatic heterocycles. The van der Waals surface area contributed by atoms with Gasteiger partial charge in [-0.05, 0) is 12.8 Å². The van der Waals surface area contributed by atoms with Gasteiger partial charge in [-0.3, -0.25) is 13.8 Å². The molecule has 0 aliphatic heterocycles. The monoisotopic (exact) mass is 777 g/mol. The largest absolute Gasteiger partial charge is 0.472 e. The summed E-state index contributed by atoms with van der Waals surface area (Å²) in [4.78, 5) is 22.8. The van der Waals surface area contributed by atoms with Crippen molar-refractivity contribution in [3.8, 4) is 0 Å². The van der Waals surface area contributed by atoms with E-state index in [2.05, 4.69) is 13.8 Å². The highest BCUT2D eigenvalue weighted by Gasteiger charge is 2.26. The zero-order valence-corrected chi connectivity index (χ0v) is 36.9. The Hall–Kier alpha value is -0.500. The van der Waals surface area contributed by atoms with Crippen LogP contribution in [0.3, 0.4) is 0 Å². The summed E-state index contributed by atoms with van der Waals surface area (Å²) < 4.78 is 34.8. The minimum atomic E-state index is -4.26. The highest BCUT2D eigenvalue weighted by atomic mass is 31.2. The standard InChI is InChI=1S/C44H90NO7P/c1-6-8-10-12-14-15-16-17-18-19-20-21-22-23-24-25-26-27-28-29-30-31-32-33-35-37-44(46)52-43(41-49-39-36-34-13-11-9-7-2)42-51-53(47,48)50-40-38-45(3,4)5/h43H,6-42H2,1-5H3/p+1. The fourth-order valence-electron chi connectivity index (χ4n) is 6.61. The van der Waals surface area contributed by atoms with E-state index in [1.165, 1.54) is 167 Å². The van der Waals surface area contributed by atoms with Gasteiger partial charge in [0.2, 0.25) is 0 Å². The first-order valence-corrected chi connectivity index (χ1v) is 24.3. The third-order valence-electron chi connectivity index (χ3n) is 10.2. The number of esters is 1. The van der Waals surface area contributed by atoms with E-state index in [0.717, 1.165) is 32.1 Å². The summed E-state index contributed by atoms with van der Waals surface area (Å²) in [5.41, 5.74) is 0. The number of unbranched alkanes of at least 4 members (excludes halogenated alkanes) is 29. The summed E-state index contributed by atoms with van der Waals surface area (Å²) in [5, 5.41) is 0. The molecular formula is C44H91NO7P+. The van der Waals surface area contributed by atoms with E-state index in [-0.39, 0.29) is 25.8 Å². The molecule has 0 spiro atoms. The van der Waals surface area contributed by atoms with Crippen molar-refractivity contribution in [1.82, 2.24) is 0 Å². The number of phosphoric ester groups is 1. The molecule has 0 aromatic rings. The molecule has 2 unspecified atom stereocenters. The van der Waals surface area contributed by atoms with Gasteiger partial charge in [-0.2, -0.15) is 0 Å². The summed E-state index contributed by atoms with van der Waals surface area (Å²) in [5.74, 6) is -0.311. The third kappa shape index (κ3) is 42.5. The Labute approximate surface area is 329 Å². The number of carbonyl (C=O) groups excluding carboxylic acids is 1. The molecule has 0 aliphatic rings. The first kappa shape index (κ1) is 52.5. The molecule has 0 fully saturated rings. The molecule has 9 heteroatoms. The lowest BCUT2D eigenvalue weighted by molar-refractivity contribution is -0.870. The van der Waals surface area contributed by atoms with Gasteiger partial charge >= 0.3 is 13.8 Å². The van der Waals surface area contributed by atoms with Gasteiger partial charge in [-0.25, -0.2) is 4.57 Å². The van der Waals surface area contributed by atoms with Crippen molar-refractivity contribution in [2.75, 3.05) is 54.1 Å². The zero-order chi connectivity index (χ0) is 39.1. The number of rotatable bonds is 43. The number of likely N-dealkylation sites (N-methyl/N-ethyl adjacent to an activating group) is 1. The van der Waals surface area contributed by atoms with E-state index >= 15 is 0 Å². The highest BCUT2D eigenvalue weighted by molar-refractivity contribution is 7.47. The smallest absolute Gasteiger partial charge is 0.457 e. The maximum absolute atomic E-state index is 12.6. The number of hydrogen-bond acceptors (Lipinski definition) is 6. The van der Waals surface area contributed by atoms with Gasteiger partial charge in [0.1, 0.15) is 19.3 Å². The molecule has 318 valence electrons. The van der Waals surface area contributed by atoms with Crippen LogP contribution in [0.25, 0.3) is 0 Å². The Morgan fingerprint density at radius 3 is 1.25 bits per heavy atom. The lowest BCUT2D eigenvalue weighted by Crippen LogP contribution is -2.37. The maximum atomic E-state index is 12.6. The van der Waals surface area contributed by atoms with Crippen molar-refractivity contribution in [2.45, 2.75) is 225 Å². The van der Waals surface area contributed by atoms with Crippen LogP contribution in [0.1, 0.15) is 219 Å². The molecule has 1 N–H and O–H groups in total. The summed E-state index contributed by atoms with van der Waals surface area (Å²) in [6.07, 6.45) is 40.3. The number of ether oxygens (including phenoxy) is 2. The minimum absolute atomic E-state index is 0.0931. The summed E-state index contributed by atoms with van der Waals surface area (Å²) in [6.45, 7) is 5.62. The van der Waals surface area contributed by atoms with Crippen LogP contribution in [-0.2, 0) is 27.9 Å². The van der Waals surface area contributed by atoms with Crippen LogP contribution in [-0.4, -0.2) is 75.6 Å². The van der Waals surface area contributed by atoms with E-state index in [0.29, 0.717) is 24.1 Å². The zero-order valence-electron chi connectivity index (χ0n) is 36.0. The van der Waals surface area contributed by atoms with Crippen molar-refractivity contribution >= 4 is 13.8 Å². The number of quaternary nitrogens is 1. The normalized spacial score (nSPS) is 13.7. The van der Waals surface area contributed by atoms with Crippen molar-refractivity contribution in [3.05, 3.63) is 0 Å². The lowest BCUT2D eigenvalue weighted by atomic mass is 10.0. The van der Waals surface area contributed by atoms with Crippen LogP contribution >= 0.6 is 7.82 Å². The van der Waals surface area contributed by atoms with Gasteiger partial charge in [0.05, 0.1) is 34.4 Å². The summed E-state index contributed by atoms with van der Waals surface area (Å²) >= 11 is 0. The first-order chi connectivity index (χ1) is 25.6. The quantitative estimate of drug-likeness (QED) is 0.0285. The first-order valence-electron chi connectivity index (χ1n) is 22.8. The molecule has 0 saturated carbocycles. The molecular weight excluding hydrogens is 685 g/mol. The number of nitrogens with zero attached hydrogens (tertiary/aromatic N) is 1. The molecule has 0 bridgehead atoms. The predicted molar refractivity (Wildman–Crippen MR) is 224 cm³/mol. The molecule has 0 rings (SSSR count). The van der Waals surface area contributed by atoms with Gasteiger partial charge in [-0.15, -0.1) is 0 Å². The number of carbonyl (C=O) groups is 1. The summed E-state index contributed by atoms with van der Waals surface area (Å²) in [7, 11) is 1.68. The van der Waals surface area contributed by atoms with E-state index in [9.17, 15) is 14.3 Å².